The Morgan fingerprint density at radius 2 is 1.81 bits per heavy atom. The van der Waals surface area contributed by atoms with E-state index < -0.39 is 0 Å². The first kappa shape index (κ1) is 27.9. The number of nitrogens with one attached hydrogen (secondary N) is 1. The average Bonchev–Trinajstić information content (AvgIpc) is 3.63. The maximum Gasteiger partial charge on any atom is 0.240 e. The number of amides is 2. The van der Waals surface area contributed by atoms with Crippen molar-refractivity contribution in [3.63, 3.8) is 0 Å². The van der Waals surface area contributed by atoms with Crippen molar-refractivity contribution in [3.8, 4) is 16.9 Å². The molecular formula is C33H29FN4O2S2. The number of thiophene rings is 1. The van der Waals surface area contributed by atoms with Gasteiger partial charge < -0.3 is 5.32 Å². The number of aryl methyl sites for hydroxylation is 2. The Labute approximate surface area is 252 Å². The van der Waals surface area contributed by atoms with Gasteiger partial charge in [0.2, 0.25) is 11.8 Å². The summed E-state index contributed by atoms with van der Waals surface area (Å²) in [5, 5.41) is 9.96. The summed E-state index contributed by atoms with van der Waals surface area (Å²) in [5.41, 5.74) is 6.38. The third-order valence-electron chi connectivity index (χ3n) is 7.22. The van der Waals surface area contributed by atoms with E-state index in [2.05, 4.69) is 17.4 Å². The van der Waals surface area contributed by atoms with Crippen LogP contribution in [-0.4, -0.2) is 33.9 Å². The number of carbonyl (C=O) groups is 2. The lowest BCUT2D eigenvalue weighted by Crippen LogP contribution is -2.42. The minimum atomic E-state index is -0.334. The third kappa shape index (κ3) is 5.62. The minimum Gasteiger partial charge on any atom is -0.350 e. The zero-order chi connectivity index (χ0) is 29.2. The molecule has 9 heteroatoms. The fraction of sp³-hybridized carbons (Fsp3) is 0.182. The van der Waals surface area contributed by atoms with Crippen LogP contribution in [0.5, 0.6) is 0 Å². The highest BCUT2D eigenvalue weighted by Crippen LogP contribution is 2.49. The van der Waals surface area contributed by atoms with E-state index in [1.807, 2.05) is 72.4 Å². The molecule has 0 fully saturated rings. The number of hydrogen-bond acceptors (Lipinski definition) is 5. The molecule has 1 atom stereocenters. The van der Waals surface area contributed by atoms with E-state index in [0.29, 0.717) is 5.82 Å². The molecule has 42 heavy (non-hydrogen) atoms. The Morgan fingerprint density at radius 3 is 2.52 bits per heavy atom. The molecule has 0 radical (unpaired) electrons. The summed E-state index contributed by atoms with van der Waals surface area (Å²) >= 11 is 3.20. The Hall–Kier alpha value is -4.21. The number of anilines is 1. The van der Waals surface area contributed by atoms with Crippen molar-refractivity contribution in [2.24, 2.45) is 0 Å². The van der Waals surface area contributed by atoms with Crippen LogP contribution in [0.25, 0.3) is 16.9 Å². The van der Waals surface area contributed by atoms with Crippen LogP contribution in [-0.2, 0) is 16.1 Å². The Balaban J connectivity index is 1.50. The maximum atomic E-state index is 13.9. The van der Waals surface area contributed by atoms with Crippen LogP contribution < -0.4 is 10.2 Å². The predicted octanol–water partition coefficient (Wildman–Crippen LogP) is 6.84. The van der Waals surface area contributed by atoms with E-state index in [1.54, 1.807) is 40.1 Å². The van der Waals surface area contributed by atoms with Crippen molar-refractivity contribution in [1.29, 1.82) is 0 Å². The molecule has 3 heterocycles. The summed E-state index contributed by atoms with van der Waals surface area (Å²) in [6.45, 7) is 4.13. The van der Waals surface area contributed by atoms with Crippen molar-refractivity contribution in [1.82, 2.24) is 15.1 Å². The Morgan fingerprint density at radius 1 is 1.02 bits per heavy atom. The van der Waals surface area contributed by atoms with Gasteiger partial charge in [0, 0.05) is 22.5 Å². The van der Waals surface area contributed by atoms with Gasteiger partial charge in [0.1, 0.15) is 18.2 Å². The van der Waals surface area contributed by atoms with E-state index in [0.717, 1.165) is 44.1 Å². The highest BCUT2D eigenvalue weighted by Gasteiger charge is 2.38. The van der Waals surface area contributed by atoms with Crippen LogP contribution in [0.2, 0.25) is 0 Å². The fourth-order valence-corrected chi connectivity index (χ4v) is 7.38. The number of thioether (sulfide) groups is 1. The van der Waals surface area contributed by atoms with Crippen molar-refractivity contribution >= 4 is 40.7 Å². The normalized spacial score (nSPS) is 14.9. The molecule has 6 rings (SSSR count). The van der Waals surface area contributed by atoms with Crippen LogP contribution in [0.4, 0.5) is 10.2 Å². The summed E-state index contributed by atoms with van der Waals surface area (Å²) in [6.07, 6.45) is 0. The van der Waals surface area contributed by atoms with Gasteiger partial charge in [-0.3, -0.25) is 14.5 Å². The van der Waals surface area contributed by atoms with Crippen molar-refractivity contribution in [2.45, 2.75) is 25.6 Å². The van der Waals surface area contributed by atoms with Gasteiger partial charge in [-0.25, -0.2) is 9.07 Å². The van der Waals surface area contributed by atoms with Gasteiger partial charge in [-0.1, -0.05) is 66.2 Å². The Kier molecular flexibility index (Phi) is 7.95. The molecule has 1 N–H and O–H groups in total. The van der Waals surface area contributed by atoms with Gasteiger partial charge in [-0.05, 0) is 54.6 Å². The lowest BCUT2D eigenvalue weighted by molar-refractivity contribution is -0.123. The first-order valence-corrected chi connectivity index (χ1v) is 15.5. The number of fused-ring (bicyclic) bond motifs is 1. The van der Waals surface area contributed by atoms with E-state index in [1.165, 1.54) is 12.1 Å². The summed E-state index contributed by atoms with van der Waals surface area (Å²) in [5.74, 6) is 0.00467. The van der Waals surface area contributed by atoms with Crippen LogP contribution in [0.1, 0.15) is 32.4 Å². The number of hydrogen-bond donors (Lipinski definition) is 1. The highest BCUT2D eigenvalue weighted by molar-refractivity contribution is 8.00. The van der Waals surface area contributed by atoms with Gasteiger partial charge >= 0.3 is 0 Å². The van der Waals surface area contributed by atoms with Crippen LogP contribution in [0, 0.1) is 19.7 Å². The zero-order valence-electron chi connectivity index (χ0n) is 23.2. The molecule has 5 aromatic rings. The molecule has 1 aliphatic rings. The topological polar surface area (TPSA) is 67.2 Å². The SMILES string of the molecule is Cc1ccc(-n2nc(-c3ccccc3)c3c2N(CC(=O)NCc2ccc(F)cc2)C(=O)CSC3c2cccs2)c(C)c1. The smallest absolute Gasteiger partial charge is 0.240 e. The monoisotopic (exact) mass is 596 g/mol. The number of nitrogens with zero attached hydrogens (tertiary/aromatic N) is 3. The van der Waals surface area contributed by atoms with Gasteiger partial charge in [0.05, 0.1) is 22.4 Å². The molecule has 0 aliphatic carbocycles. The standard InChI is InChI=1S/C33H29FN4O2S2/c1-21-10-15-26(22(2)17-21)38-33-30(31(36-38)24-7-4-3-5-8-24)32(27-9-6-16-41-27)42-20-29(40)37(33)19-28(39)35-18-23-11-13-25(34)14-12-23/h3-17,32H,18-20H2,1-2H3,(H,35,39). The van der Waals surface area contributed by atoms with Crippen molar-refractivity contribution < 1.29 is 14.0 Å². The second kappa shape index (κ2) is 12.0. The van der Waals surface area contributed by atoms with Crippen LogP contribution >= 0.6 is 23.1 Å². The van der Waals surface area contributed by atoms with Crippen molar-refractivity contribution in [2.75, 3.05) is 17.2 Å². The molecule has 0 spiro atoms. The highest BCUT2D eigenvalue weighted by atomic mass is 32.2. The van der Waals surface area contributed by atoms with Crippen LogP contribution in [0.15, 0.2) is 90.3 Å². The molecule has 0 saturated carbocycles. The number of halogens is 1. The zero-order valence-corrected chi connectivity index (χ0v) is 24.8. The van der Waals surface area contributed by atoms with E-state index in [9.17, 15) is 14.0 Å². The number of benzene rings is 3. The summed E-state index contributed by atoms with van der Waals surface area (Å²) in [6, 6.07) is 26.2. The second-order valence-electron chi connectivity index (χ2n) is 10.2. The minimum absolute atomic E-state index is 0.147. The van der Waals surface area contributed by atoms with Crippen molar-refractivity contribution in [3.05, 3.63) is 123 Å². The predicted molar refractivity (Wildman–Crippen MR) is 168 cm³/mol. The number of rotatable bonds is 7. The summed E-state index contributed by atoms with van der Waals surface area (Å²) in [7, 11) is 0. The summed E-state index contributed by atoms with van der Waals surface area (Å²) in [4.78, 5) is 29.9. The molecule has 212 valence electrons. The number of carbonyl (C=O) groups excluding carboxylic acids is 2. The molecule has 0 saturated heterocycles. The second-order valence-corrected chi connectivity index (χ2v) is 12.3. The quantitative estimate of drug-likeness (QED) is 0.223. The molecule has 0 bridgehead atoms. The van der Waals surface area contributed by atoms with E-state index >= 15 is 0 Å². The first-order chi connectivity index (χ1) is 20.4. The maximum absolute atomic E-state index is 13.9. The third-order valence-corrected chi connectivity index (χ3v) is 9.55. The molecule has 1 aliphatic heterocycles. The molecule has 2 aromatic heterocycles. The van der Waals surface area contributed by atoms with E-state index in [-0.39, 0.29) is 41.7 Å². The van der Waals surface area contributed by atoms with Gasteiger partial charge in [-0.15, -0.1) is 23.1 Å². The molecular weight excluding hydrogens is 568 g/mol. The lowest BCUT2D eigenvalue weighted by Gasteiger charge is -2.23. The fourth-order valence-electron chi connectivity index (χ4n) is 5.21. The largest absolute Gasteiger partial charge is 0.350 e. The molecule has 1 unspecified atom stereocenters. The molecule has 3 aromatic carbocycles. The Bertz CT molecular complexity index is 1730. The van der Waals surface area contributed by atoms with Crippen LogP contribution in [0.3, 0.4) is 0 Å². The summed E-state index contributed by atoms with van der Waals surface area (Å²) < 4.78 is 15.2. The van der Waals surface area contributed by atoms with Gasteiger partial charge in [0.25, 0.3) is 0 Å². The lowest BCUT2D eigenvalue weighted by atomic mass is 10.0. The molecule has 2 amide bonds. The average molecular weight is 597 g/mol. The number of aromatic nitrogens is 2. The van der Waals surface area contributed by atoms with E-state index in [4.69, 9.17) is 5.10 Å². The van der Waals surface area contributed by atoms with Gasteiger partial charge in [0.15, 0.2) is 0 Å². The molecule has 6 nitrogen and oxygen atoms in total. The van der Waals surface area contributed by atoms with Gasteiger partial charge in [-0.2, -0.15) is 5.10 Å². The first-order valence-electron chi connectivity index (χ1n) is 13.6.